The number of benzene rings is 1. The van der Waals surface area contributed by atoms with E-state index in [1.54, 1.807) is 0 Å². The van der Waals surface area contributed by atoms with Crippen LogP contribution in [0.2, 0.25) is 0 Å². The molecule has 1 aromatic carbocycles. The van der Waals surface area contributed by atoms with Gasteiger partial charge in [-0.1, -0.05) is 23.4 Å². The van der Waals surface area contributed by atoms with Gasteiger partial charge in [0.15, 0.2) is 5.84 Å². The van der Waals surface area contributed by atoms with Gasteiger partial charge in [-0.2, -0.15) is 0 Å². The summed E-state index contributed by atoms with van der Waals surface area (Å²) in [4.78, 5) is 14.3. The molecule has 124 valence electrons. The van der Waals surface area contributed by atoms with Gasteiger partial charge in [0.1, 0.15) is 5.60 Å². The van der Waals surface area contributed by atoms with E-state index in [9.17, 15) is 4.79 Å². The maximum atomic E-state index is 12.5. The summed E-state index contributed by atoms with van der Waals surface area (Å²) < 4.78 is 5.54. The number of rotatable bonds is 1. The van der Waals surface area contributed by atoms with E-state index < -0.39 is 5.60 Å². The van der Waals surface area contributed by atoms with Gasteiger partial charge in [-0.15, -0.1) is 0 Å². The van der Waals surface area contributed by atoms with E-state index in [-0.39, 0.29) is 18.0 Å². The predicted octanol–water partition coefficient (Wildman–Crippen LogP) is 2.64. The zero-order valence-electron chi connectivity index (χ0n) is 13.7. The largest absolute Gasteiger partial charge is 0.444 e. The highest BCUT2D eigenvalue weighted by Gasteiger charge is 2.45. The molecule has 0 aromatic heterocycles. The van der Waals surface area contributed by atoms with Crippen LogP contribution < -0.4 is 5.73 Å². The average Bonchev–Trinajstić information content (AvgIpc) is 3.02. The molecule has 0 spiro atoms. The second-order valence-corrected chi connectivity index (χ2v) is 7.23. The molecule has 3 N–H and O–H groups in total. The van der Waals surface area contributed by atoms with Crippen molar-refractivity contribution in [2.24, 2.45) is 16.8 Å². The highest BCUT2D eigenvalue weighted by Crippen LogP contribution is 2.47. The number of nitrogens with two attached hydrogens (primary N) is 1. The summed E-state index contributed by atoms with van der Waals surface area (Å²) in [7, 11) is 0. The zero-order chi connectivity index (χ0) is 16.8. The van der Waals surface area contributed by atoms with Gasteiger partial charge in [-0.3, -0.25) is 0 Å². The van der Waals surface area contributed by atoms with Gasteiger partial charge in [0.05, 0.1) is 6.04 Å². The SMILES string of the molecule is CC(C)(C)OC(=O)N1CCC2Cc3c(/C(N)=N/O)cccc3C21. The van der Waals surface area contributed by atoms with E-state index in [0.29, 0.717) is 12.5 Å². The minimum Gasteiger partial charge on any atom is -0.444 e. The molecule has 0 bridgehead atoms. The molecule has 0 radical (unpaired) electrons. The molecule has 2 unspecified atom stereocenters. The summed E-state index contributed by atoms with van der Waals surface area (Å²) >= 11 is 0. The first-order valence-corrected chi connectivity index (χ1v) is 7.91. The van der Waals surface area contributed by atoms with Crippen LogP contribution in [0.3, 0.4) is 0 Å². The molecule has 3 rings (SSSR count). The van der Waals surface area contributed by atoms with Crippen LogP contribution in [-0.2, 0) is 11.2 Å². The summed E-state index contributed by atoms with van der Waals surface area (Å²) in [5.41, 5.74) is 8.20. The smallest absolute Gasteiger partial charge is 0.410 e. The first-order chi connectivity index (χ1) is 10.8. The van der Waals surface area contributed by atoms with Gasteiger partial charge >= 0.3 is 6.09 Å². The van der Waals surface area contributed by atoms with Gasteiger partial charge in [0.25, 0.3) is 0 Å². The minimum absolute atomic E-state index is 0.0197. The van der Waals surface area contributed by atoms with Gasteiger partial charge in [0.2, 0.25) is 0 Å². The normalized spacial score (nSPS) is 23.6. The molecule has 2 atom stereocenters. The molecular weight excluding hydrogens is 294 g/mol. The molecule has 0 saturated carbocycles. The Bertz CT molecular complexity index is 664. The Hall–Kier alpha value is -2.24. The van der Waals surface area contributed by atoms with Gasteiger partial charge in [-0.25, -0.2) is 4.79 Å². The highest BCUT2D eigenvalue weighted by molar-refractivity contribution is 5.99. The van der Waals surface area contributed by atoms with Crippen molar-refractivity contribution in [3.8, 4) is 0 Å². The molecule has 6 nitrogen and oxygen atoms in total. The summed E-state index contributed by atoms with van der Waals surface area (Å²) in [6.45, 7) is 6.32. The lowest BCUT2D eigenvalue weighted by Gasteiger charge is -2.29. The average molecular weight is 317 g/mol. The van der Waals surface area contributed by atoms with E-state index in [1.165, 1.54) is 0 Å². The van der Waals surface area contributed by atoms with Crippen molar-refractivity contribution in [3.63, 3.8) is 0 Å². The molecule has 1 aromatic rings. The van der Waals surface area contributed by atoms with Gasteiger partial charge < -0.3 is 20.6 Å². The highest BCUT2D eigenvalue weighted by atomic mass is 16.6. The fourth-order valence-corrected chi connectivity index (χ4v) is 3.68. The van der Waals surface area contributed by atoms with E-state index in [0.717, 1.165) is 29.5 Å². The molecule has 1 heterocycles. The molecule has 1 amide bonds. The van der Waals surface area contributed by atoms with Crippen LogP contribution in [0.4, 0.5) is 4.79 Å². The number of hydrogen-bond donors (Lipinski definition) is 2. The quantitative estimate of drug-likeness (QED) is 0.361. The Morgan fingerprint density at radius 3 is 2.83 bits per heavy atom. The topological polar surface area (TPSA) is 88.2 Å². The number of nitrogens with zero attached hydrogens (tertiary/aromatic N) is 2. The number of ether oxygens (including phenoxy) is 1. The third-order valence-corrected chi connectivity index (χ3v) is 4.53. The van der Waals surface area contributed by atoms with Crippen molar-refractivity contribution in [1.82, 2.24) is 4.90 Å². The number of carbonyl (C=O) groups is 1. The monoisotopic (exact) mass is 317 g/mol. The predicted molar refractivity (Wildman–Crippen MR) is 86.4 cm³/mol. The second kappa shape index (κ2) is 5.44. The molecule has 1 aliphatic heterocycles. The van der Waals surface area contributed by atoms with E-state index in [4.69, 9.17) is 15.7 Å². The van der Waals surface area contributed by atoms with E-state index in [1.807, 2.05) is 43.9 Å². The Balaban J connectivity index is 1.93. The van der Waals surface area contributed by atoms with E-state index >= 15 is 0 Å². The van der Waals surface area contributed by atoms with Crippen molar-refractivity contribution >= 4 is 11.9 Å². The summed E-state index contributed by atoms with van der Waals surface area (Å²) in [5, 5.41) is 12.1. The third kappa shape index (κ3) is 2.73. The Morgan fingerprint density at radius 2 is 2.17 bits per heavy atom. The number of likely N-dealkylation sites (tertiary alicyclic amines) is 1. The first-order valence-electron chi connectivity index (χ1n) is 7.91. The van der Waals surface area contributed by atoms with Gasteiger partial charge in [0, 0.05) is 12.1 Å². The van der Waals surface area contributed by atoms with Crippen molar-refractivity contribution < 1.29 is 14.7 Å². The zero-order valence-corrected chi connectivity index (χ0v) is 13.7. The summed E-state index contributed by atoms with van der Waals surface area (Å²) in [5.74, 6) is 0.482. The summed E-state index contributed by atoms with van der Waals surface area (Å²) in [6.07, 6.45) is 1.51. The van der Waals surface area contributed by atoms with Crippen LogP contribution in [0.15, 0.2) is 23.4 Å². The Kier molecular flexibility index (Phi) is 3.70. The number of fused-ring (bicyclic) bond motifs is 3. The fraction of sp³-hybridized carbons (Fsp3) is 0.529. The lowest BCUT2D eigenvalue weighted by Crippen LogP contribution is -2.36. The van der Waals surface area contributed by atoms with E-state index in [2.05, 4.69) is 5.16 Å². The van der Waals surface area contributed by atoms with Crippen LogP contribution in [0.5, 0.6) is 0 Å². The van der Waals surface area contributed by atoms with Crippen LogP contribution in [0.1, 0.15) is 49.9 Å². The number of amidine groups is 1. The molecule has 6 heteroatoms. The Morgan fingerprint density at radius 1 is 1.43 bits per heavy atom. The fourth-order valence-electron chi connectivity index (χ4n) is 3.68. The lowest BCUT2D eigenvalue weighted by atomic mass is 10.0. The number of amides is 1. The van der Waals surface area contributed by atoms with Crippen molar-refractivity contribution in [3.05, 3.63) is 34.9 Å². The maximum Gasteiger partial charge on any atom is 0.410 e. The number of oxime groups is 1. The first kappa shape index (κ1) is 15.6. The standard InChI is InChI=1S/C17H23N3O3/c1-17(2,3)23-16(21)20-8-7-10-9-13-11(14(10)20)5-4-6-12(13)15(18)19-22/h4-6,10,14,22H,7-9H2,1-3H3,(H2,18,19). The Labute approximate surface area is 135 Å². The molecule has 1 saturated heterocycles. The van der Waals surface area contributed by atoms with Crippen molar-refractivity contribution in [1.29, 1.82) is 0 Å². The van der Waals surface area contributed by atoms with Crippen LogP contribution in [0.25, 0.3) is 0 Å². The van der Waals surface area contributed by atoms with Crippen LogP contribution in [-0.4, -0.2) is 34.2 Å². The minimum atomic E-state index is -0.508. The third-order valence-electron chi connectivity index (χ3n) is 4.53. The van der Waals surface area contributed by atoms with Crippen LogP contribution >= 0.6 is 0 Å². The second-order valence-electron chi connectivity index (χ2n) is 7.23. The maximum absolute atomic E-state index is 12.5. The van der Waals surface area contributed by atoms with Crippen molar-refractivity contribution in [2.75, 3.05) is 6.54 Å². The molecule has 2 aliphatic rings. The summed E-state index contributed by atoms with van der Waals surface area (Å²) in [6, 6.07) is 5.79. The molecule has 1 fully saturated rings. The number of hydrogen-bond acceptors (Lipinski definition) is 4. The lowest BCUT2D eigenvalue weighted by molar-refractivity contribution is 0.0213. The molecular formula is C17H23N3O3. The van der Waals surface area contributed by atoms with Crippen molar-refractivity contribution in [2.45, 2.75) is 45.3 Å². The molecule has 23 heavy (non-hydrogen) atoms. The number of carbonyl (C=O) groups excluding carboxylic acids is 1. The van der Waals surface area contributed by atoms with Gasteiger partial charge in [-0.05, 0) is 50.7 Å². The molecule has 1 aliphatic carbocycles. The van der Waals surface area contributed by atoms with Crippen LogP contribution in [0, 0.1) is 5.92 Å².